The Balaban J connectivity index is 2.51. The van der Waals surface area contributed by atoms with E-state index in [9.17, 15) is 4.79 Å². The smallest absolute Gasteiger partial charge is 0.200 e. The number of carbonyl (C=O) groups is 1. The predicted octanol–water partition coefficient (Wildman–Crippen LogP) is 2.49. The molecule has 0 amide bonds. The third kappa shape index (κ3) is 3.24. The molecule has 1 unspecified atom stereocenters. The molecule has 14 heavy (non-hydrogen) atoms. The molecule has 76 valence electrons. The second-order valence-corrected chi connectivity index (χ2v) is 3.59. The van der Waals surface area contributed by atoms with Gasteiger partial charge in [0, 0.05) is 18.8 Å². The molecule has 0 saturated heterocycles. The first-order chi connectivity index (χ1) is 6.74. The van der Waals surface area contributed by atoms with Crippen molar-refractivity contribution in [1.29, 1.82) is 0 Å². The molecule has 0 bridgehead atoms. The van der Waals surface area contributed by atoms with E-state index in [0.29, 0.717) is 18.2 Å². The van der Waals surface area contributed by atoms with Crippen LogP contribution in [0.2, 0.25) is 0 Å². The molecule has 3 heteroatoms. The third-order valence-electron chi connectivity index (χ3n) is 2.13. The Kier molecular flexibility index (Phi) is 4.23. The number of carbonyl (C=O) groups excluding carboxylic acids is 1. The summed E-state index contributed by atoms with van der Waals surface area (Å²) in [7, 11) is 0. The van der Waals surface area contributed by atoms with Crippen LogP contribution in [0.3, 0.4) is 0 Å². The van der Waals surface area contributed by atoms with Crippen molar-refractivity contribution in [3.63, 3.8) is 0 Å². The molecule has 0 aromatic carbocycles. The number of hydrogen-bond acceptors (Lipinski definition) is 3. The maximum atomic E-state index is 11.6. The van der Waals surface area contributed by atoms with Crippen LogP contribution in [-0.2, 0) is 0 Å². The first-order valence-corrected chi connectivity index (χ1v) is 5.04. The van der Waals surface area contributed by atoms with Gasteiger partial charge < -0.3 is 0 Å². The van der Waals surface area contributed by atoms with Crippen LogP contribution in [0.5, 0.6) is 0 Å². The molecule has 0 spiro atoms. The van der Waals surface area contributed by atoms with E-state index in [-0.39, 0.29) is 5.78 Å². The van der Waals surface area contributed by atoms with E-state index in [4.69, 9.17) is 0 Å². The van der Waals surface area contributed by atoms with Gasteiger partial charge in [-0.25, -0.2) is 9.97 Å². The molecule has 0 N–H and O–H groups in total. The summed E-state index contributed by atoms with van der Waals surface area (Å²) in [6, 6.07) is 1.71. The van der Waals surface area contributed by atoms with Crippen molar-refractivity contribution in [2.75, 3.05) is 0 Å². The monoisotopic (exact) mass is 192 g/mol. The molecule has 0 aliphatic rings. The Morgan fingerprint density at radius 2 is 2.07 bits per heavy atom. The van der Waals surface area contributed by atoms with E-state index in [1.54, 1.807) is 18.5 Å². The highest BCUT2D eigenvalue weighted by Crippen LogP contribution is 2.12. The summed E-state index contributed by atoms with van der Waals surface area (Å²) >= 11 is 0. The molecular formula is C11H16N2O. The lowest BCUT2D eigenvalue weighted by atomic mass is 9.99. The van der Waals surface area contributed by atoms with Crippen molar-refractivity contribution in [2.45, 2.75) is 33.1 Å². The van der Waals surface area contributed by atoms with Crippen LogP contribution < -0.4 is 0 Å². The fourth-order valence-electron chi connectivity index (χ4n) is 1.45. The zero-order valence-corrected chi connectivity index (χ0v) is 8.73. The van der Waals surface area contributed by atoms with Crippen LogP contribution in [0.4, 0.5) is 0 Å². The van der Waals surface area contributed by atoms with Crippen molar-refractivity contribution in [3.8, 4) is 0 Å². The van der Waals surface area contributed by atoms with Crippen LogP contribution in [0.15, 0.2) is 18.5 Å². The highest BCUT2D eigenvalue weighted by atomic mass is 16.1. The average molecular weight is 192 g/mol. The minimum atomic E-state index is 0.0477. The van der Waals surface area contributed by atoms with E-state index >= 15 is 0 Å². The normalized spacial score (nSPS) is 12.4. The Morgan fingerprint density at radius 1 is 1.43 bits per heavy atom. The van der Waals surface area contributed by atoms with Crippen molar-refractivity contribution >= 4 is 5.78 Å². The molecule has 0 aliphatic carbocycles. The Bertz CT molecular complexity index is 285. The van der Waals surface area contributed by atoms with Crippen LogP contribution in [0.25, 0.3) is 0 Å². The van der Waals surface area contributed by atoms with Crippen LogP contribution in [0, 0.1) is 5.92 Å². The molecule has 1 aromatic rings. The van der Waals surface area contributed by atoms with Gasteiger partial charge in [0.05, 0.1) is 0 Å². The first-order valence-electron chi connectivity index (χ1n) is 5.04. The molecule has 0 radical (unpaired) electrons. The topological polar surface area (TPSA) is 42.9 Å². The van der Waals surface area contributed by atoms with Gasteiger partial charge in [-0.1, -0.05) is 26.7 Å². The molecule has 1 aromatic heterocycles. The lowest BCUT2D eigenvalue weighted by molar-refractivity contribution is 0.0952. The maximum absolute atomic E-state index is 11.6. The molecule has 1 rings (SSSR count). The SMILES string of the molecule is CCCC(C)CC(=O)c1ncccn1. The number of aromatic nitrogens is 2. The standard InChI is InChI=1S/C11H16N2O/c1-3-5-9(2)8-10(14)11-12-6-4-7-13-11/h4,6-7,9H,3,5,8H2,1-2H3. The molecule has 0 aliphatic heterocycles. The molecular weight excluding hydrogens is 176 g/mol. The Morgan fingerprint density at radius 3 is 2.64 bits per heavy atom. The second-order valence-electron chi connectivity index (χ2n) is 3.59. The summed E-state index contributed by atoms with van der Waals surface area (Å²) in [5.74, 6) is 0.818. The highest BCUT2D eigenvalue weighted by molar-refractivity contribution is 5.92. The van der Waals surface area contributed by atoms with Crippen molar-refractivity contribution in [1.82, 2.24) is 9.97 Å². The summed E-state index contributed by atoms with van der Waals surface area (Å²) in [5, 5.41) is 0. The minimum absolute atomic E-state index is 0.0477. The second kappa shape index (κ2) is 5.47. The van der Waals surface area contributed by atoms with E-state index in [1.165, 1.54) is 0 Å². The van der Waals surface area contributed by atoms with Crippen LogP contribution in [0.1, 0.15) is 43.7 Å². The maximum Gasteiger partial charge on any atom is 0.200 e. The quantitative estimate of drug-likeness (QED) is 0.673. The molecule has 1 heterocycles. The fourth-order valence-corrected chi connectivity index (χ4v) is 1.45. The number of ketones is 1. The molecule has 0 fully saturated rings. The van der Waals surface area contributed by atoms with Gasteiger partial charge in [0.25, 0.3) is 0 Å². The van der Waals surface area contributed by atoms with E-state index in [1.807, 2.05) is 0 Å². The van der Waals surface area contributed by atoms with Gasteiger partial charge in [0.1, 0.15) is 0 Å². The van der Waals surface area contributed by atoms with Gasteiger partial charge in [-0.2, -0.15) is 0 Å². The van der Waals surface area contributed by atoms with Gasteiger partial charge >= 0.3 is 0 Å². The van der Waals surface area contributed by atoms with Gasteiger partial charge in [-0.3, -0.25) is 4.79 Å². The van der Waals surface area contributed by atoms with Crippen molar-refractivity contribution < 1.29 is 4.79 Å². The van der Waals surface area contributed by atoms with Crippen molar-refractivity contribution in [3.05, 3.63) is 24.3 Å². The lowest BCUT2D eigenvalue weighted by Gasteiger charge is -2.07. The number of nitrogens with zero attached hydrogens (tertiary/aromatic N) is 2. The largest absolute Gasteiger partial charge is 0.291 e. The van der Waals surface area contributed by atoms with E-state index in [2.05, 4.69) is 23.8 Å². The zero-order valence-electron chi connectivity index (χ0n) is 8.73. The van der Waals surface area contributed by atoms with Gasteiger partial charge in [0.2, 0.25) is 0 Å². The summed E-state index contributed by atoms with van der Waals surface area (Å²) in [4.78, 5) is 19.5. The molecule has 0 saturated carbocycles. The van der Waals surface area contributed by atoms with Gasteiger partial charge in [-0.05, 0) is 12.0 Å². The van der Waals surface area contributed by atoms with Gasteiger partial charge in [-0.15, -0.1) is 0 Å². The number of rotatable bonds is 5. The Hall–Kier alpha value is -1.25. The molecule has 3 nitrogen and oxygen atoms in total. The minimum Gasteiger partial charge on any atom is -0.291 e. The fraction of sp³-hybridized carbons (Fsp3) is 0.545. The predicted molar refractivity (Wildman–Crippen MR) is 55.1 cm³/mol. The van der Waals surface area contributed by atoms with Gasteiger partial charge in [0.15, 0.2) is 11.6 Å². The summed E-state index contributed by atoms with van der Waals surface area (Å²) in [5.41, 5.74) is 0. The number of Topliss-reactive ketones (excluding diaryl/α,β-unsaturated/α-hetero) is 1. The van der Waals surface area contributed by atoms with E-state index in [0.717, 1.165) is 12.8 Å². The summed E-state index contributed by atoms with van der Waals surface area (Å²) in [6.07, 6.45) is 5.95. The Labute approximate surface area is 84.6 Å². The molecule has 1 atom stereocenters. The highest BCUT2D eigenvalue weighted by Gasteiger charge is 2.12. The number of hydrogen-bond donors (Lipinski definition) is 0. The summed E-state index contributed by atoms with van der Waals surface area (Å²) in [6.45, 7) is 4.21. The van der Waals surface area contributed by atoms with Crippen LogP contribution >= 0.6 is 0 Å². The van der Waals surface area contributed by atoms with E-state index < -0.39 is 0 Å². The van der Waals surface area contributed by atoms with Crippen molar-refractivity contribution in [2.24, 2.45) is 5.92 Å². The average Bonchev–Trinajstić information content (AvgIpc) is 2.19. The first kappa shape index (κ1) is 10.8. The van der Waals surface area contributed by atoms with Crippen LogP contribution in [-0.4, -0.2) is 15.8 Å². The third-order valence-corrected chi connectivity index (χ3v) is 2.13. The summed E-state index contributed by atoms with van der Waals surface area (Å²) < 4.78 is 0. The zero-order chi connectivity index (χ0) is 10.4. The lowest BCUT2D eigenvalue weighted by Crippen LogP contribution is -2.09.